The van der Waals surface area contributed by atoms with Crippen molar-refractivity contribution in [3.63, 3.8) is 0 Å². The quantitative estimate of drug-likeness (QED) is 0.680. The molecule has 0 fully saturated rings. The predicted octanol–water partition coefficient (Wildman–Crippen LogP) is 0.525. The number of nitrogens with two attached hydrogens (primary N) is 3. The molecule has 1 atom stereocenters. The molecule has 0 saturated heterocycles. The second-order valence-corrected chi connectivity index (χ2v) is 4.93. The van der Waals surface area contributed by atoms with E-state index in [4.69, 9.17) is 17.2 Å². The van der Waals surface area contributed by atoms with Crippen LogP contribution in [-0.2, 0) is 10.8 Å². The van der Waals surface area contributed by atoms with Crippen LogP contribution in [-0.4, -0.2) is 17.0 Å². The minimum Gasteiger partial charge on any atom is -0.401 e. The zero-order valence-electron chi connectivity index (χ0n) is 9.72. The van der Waals surface area contributed by atoms with Gasteiger partial charge in [-0.15, -0.1) is 0 Å². The molecule has 5 heteroatoms. The van der Waals surface area contributed by atoms with Crippen LogP contribution in [0.15, 0.2) is 47.0 Å². The maximum Gasteiger partial charge on any atom is 0.0498 e. The van der Waals surface area contributed by atoms with Gasteiger partial charge in [0.15, 0.2) is 0 Å². The second-order valence-electron chi connectivity index (χ2n) is 3.55. The van der Waals surface area contributed by atoms with Crippen molar-refractivity contribution in [2.24, 2.45) is 17.2 Å². The van der Waals surface area contributed by atoms with Crippen LogP contribution >= 0.6 is 0 Å². The summed E-state index contributed by atoms with van der Waals surface area (Å²) in [4.78, 5) is 0.776. The molecule has 1 aromatic rings. The van der Waals surface area contributed by atoms with Gasteiger partial charge in [-0.2, -0.15) is 0 Å². The van der Waals surface area contributed by atoms with Crippen molar-refractivity contribution in [2.75, 3.05) is 12.8 Å². The molecule has 92 valence electrons. The Bertz CT molecular complexity index is 463. The highest BCUT2D eigenvalue weighted by atomic mass is 32.2. The standard InChI is InChI=1S/C12H17N3OS/c1-17(16)11-5-2-9(3-6-11)12(15)7-4-10(14)8-13/h2-7H,8,13-15H2,1H3/b10-4-,12-7-. The number of rotatable bonds is 4. The highest BCUT2D eigenvalue weighted by molar-refractivity contribution is 7.84. The predicted molar refractivity (Wildman–Crippen MR) is 72.3 cm³/mol. The van der Waals surface area contributed by atoms with Crippen LogP contribution in [0.2, 0.25) is 0 Å². The zero-order chi connectivity index (χ0) is 12.8. The summed E-state index contributed by atoms with van der Waals surface area (Å²) >= 11 is 0. The lowest BCUT2D eigenvalue weighted by molar-refractivity contribution is 0.687. The third-order valence-electron chi connectivity index (χ3n) is 2.23. The molecule has 0 amide bonds. The van der Waals surface area contributed by atoms with E-state index < -0.39 is 10.8 Å². The lowest BCUT2D eigenvalue weighted by Gasteiger charge is -2.02. The molecule has 0 aromatic heterocycles. The maximum atomic E-state index is 11.2. The molecule has 0 aliphatic heterocycles. The molecule has 0 spiro atoms. The van der Waals surface area contributed by atoms with Gasteiger partial charge in [0, 0.05) is 39.9 Å². The van der Waals surface area contributed by atoms with Gasteiger partial charge in [-0.05, 0) is 29.8 Å². The molecular formula is C12H17N3OS. The molecule has 1 rings (SSSR count). The summed E-state index contributed by atoms with van der Waals surface area (Å²) < 4.78 is 11.2. The topological polar surface area (TPSA) is 95.1 Å². The largest absolute Gasteiger partial charge is 0.401 e. The fraction of sp³-hybridized carbons (Fsp3) is 0.167. The van der Waals surface area contributed by atoms with Gasteiger partial charge in [-0.3, -0.25) is 4.21 Å². The highest BCUT2D eigenvalue weighted by Crippen LogP contribution is 2.12. The van der Waals surface area contributed by atoms with Crippen molar-refractivity contribution >= 4 is 16.5 Å². The van der Waals surface area contributed by atoms with Crippen LogP contribution in [0.5, 0.6) is 0 Å². The van der Waals surface area contributed by atoms with Crippen molar-refractivity contribution in [1.29, 1.82) is 0 Å². The molecular weight excluding hydrogens is 234 g/mol. The summed E-state index contributed by atoms with van der Waals surface area (Å²) in [7, 11) is -0.972. The molecule has 0 radical (unpaired) electrons. The monoisotopic (exact) mass is 251 g/mol. The maximum absolute atomic E-state index is 11.2. The summed E-state index contributed by atoms with van der Waals surface area (Å²) in [5.41, 5.74) is 18.8. The van der Waals surface area contributed by atoms with Gasteiger partial charge in [0.25, 0.3) is 0 Å². The smallest absolute Gasteiger partial charge is 0.0498 e. The second kappa shape index (κ2) is 6.22. The van der Waals surface area contributed by atoms with Crippen LogP contribution in [0.25, 0.3) is 5.70 Å². The SMILES string of the molecule is CS(=O)c1ccc(/C(N)=C/C=C(\N)CN)cc1. The summed E-state index contributed by atoms with van der Waals surface area (Å²) in [6.45, 7) is 0.303. The van der Waals surface area contributed by atoms with E-state index in [1.807, 2.05) is 12.1 Å². The van der Waals surface area contributed by atoms with E-state index in [0.717, 1.165) is 10.5 Å². The van der Waals surface area contributed by atoms with Crippen LogP contribution in [0, 0.1) is 0 Å². The van der Waals surface area contributed by atoms with Gasteiger partial charge in [-0.25, -0.2) is 0 Å². The number of allylic oxidation sites excluding steroid dienone is 2. The Morgan fingerprint density at radius 2 is 1.82 bits per heavy atom. The van der Waals surface area contributed by atoms with Crippen LogP contribution in [0.3, 0.4) is 0 Å². The summed E-state index contributed by atoms with van der Waals surface area (Å²) in [6.07, 6.45) is 5.03. The van der Waals surface area contributed by atoms with E-state index in [9.17, 15) is 4.21 Å². The minimum atomic E-state index is -0.972. The number of hydrogen-bond donors (Lipinski definition) is 3. The lowest BCUT2D eigenvalue weighted by atomic mass is 10.1. The molecule has 6 N–H and O–H groups in total. The van der Waals surface area contributed by atoms with Crippen LogP contribution in [0.4, 0.5) is 0 Å². The average molecular weight is 251 g/mol. The van der Waals surface area contributed by atoms with Gasteiger partial charge < -0.3 is 17.2 Å². The summed E-state index contributed by atoms with van der Waals surface area (Å²) in [6, 6.07) is 7.24. The molecule has 0 heterocycles. The van der Waals surface area contributed by atoms with Gasteiger partial charge >= 0.3 is 0 Å². The molecule has 1 aromatic carbocycles. The first-order chi connectivity index (χ1) is 8.04. The number of benzene rings is 1. The van der Waals surface area contributed by atoms with Crippen molar-refractivity contribution in [3.05, 3.63) is 47.7 Å². The number of hydrogen-bond acceptors (Lipinski definition) is 4. The fourth-order valence-electron chi connectivity index (χ4n) is 1.20. The molecule has 0 saturated carbocycles. The molecule has 0 aliphatic carbocycles. The third kappa shape index (κ3) is 4.05. The normalized spacial score (nSPS) is 14.7. The fourth-order valence-corrected chi connectivity index (χ4v) is 1.72. The van der Waals surface area contributed by atoms with E-state index >= 15 is 0 Å². The Morgan fingerprint density at radius 1 is 1.24 bits per heavy atom. The first kappa shape index (κ1) is 13.5. The van der Waals surface area contributed by atoms with E-state index in [0.29, 0.717) is 17.9 Å². The van der Waals surface area contributed by atoms with Crippen LogP contribution in [0.1, 0.15) is 5.56 Å². The van der Waals surface area contributed by atoms with Gasteiger partial charge in [-0.1, -0.05) is 12.1 Å². The van der Waals surface area contributed by atoms with Crippen molar-refractivity contribution in [1.82, 2.24) is 0 Å². The minimum absolute atomic E-state index is 0.303. The van der Waals surface area contributed by atoms with Gasteiger partial charge in [0.1, 0.15) is 0 Å². The Balaban J connectivity index is 2.90. The summed E-state index contributed by atoms with van der Waals surface area (Å²) in [5.74, 6) is 0. The van der Waals surface area contributed by atoms with Crippen molar-refractivity contribution in [3.8, 4) is 0 Å². The average Bonchev–Trinajstić information content (AvgIpc) is 2.35. The van der Waals surface area contributed by atoms with Crippen LogP contribution < -0.4 is 17.2 Å². The Morgan fingerprint density at radius 3 is 2.29 bits per heavy atom. The lowest BCUT2D eigenvalue weighted by Crippen LogP contribution is -2.10. The molecule has 4 nitrogen and oxygen atoms in total. The van der Waals surface area contributed by atoms with Gasteiger partial charge in [0.2, 0.25) is 0 Å². The Labute approximate surface area is 104 Å². The Kier molecular flexibility index (Phi) is 4.93. The van der Waals surface area contributed by atoms with E-state index in [1.54, 1.807) is 30.5 Å². The Hall–Kier alpha value is -1.59. The van der Waals surface area contributed by atoms with E-state index in [1.165, 1.54) is 0 Å². The molecule has 0 aliphatic rings. The van der Waals surface area contributed by atoms with E-state index in [2.05, 4.69) is 0 Å². The first-order valence-corrected chi connectivity index (χ1v) is 6.66. The third-order valence-corrected chi connectivity index (χ3v) is 3.17. The highest BCUT2D eigenvalue weighted by Gasteiger charge is 1.99. The van der Waals surface area contributed by atoms with Gasteiger partial charge in [0.05, 0.1) is 0 Å². The molecule has 0 bridgehead atoms. The summed E-state index contributed by atoms with van der Waals surface area (Å²) in [5, 5.41) is 0. The molecule has 17 heavy (non-hydrogen) atoms. The molecule has 1 unspecified atom stereocenters. The zero-order valence-corrected chi connectivity index (χ0v) is 10.5. The van der Waals surface area contributed by atoms with E-state index in [-0.39, 0.29) is 0 Å². The first-order valence-electron chi connectivity index (χ1n) is 5.10. The van der Waals surface area contributed by atoms with Crippen molar-refractivity contribution < 1.29 is 4.21 Å². The van der Waals surface area contributed by atoms with Crippen molar-refractivity contribution in [2.45, 2.75) is 4.90 Å².